The van der Waals surface area contributed by atoms with Crippen molar-refractivity contribution in [1.29, 1.82) is 0 Å². The van der Waals surface area contributed by atoms with Gasteiger partial charge in [0.15, 0.2) is 0 Å². The molecule has 0 aromatic carbocycles. The molecule has 0 aromatic rings. The van der Waals surface area contributed by atoms with Crippen molar-refractivity contribution >= 4 is 11.8 Å². The monoisotopic (exact) mass is 420 g/mol. The van der Waals surface area contributed by atoms with Crippen LogP contribution in [0.2, 0.25) is 0 Å². The highest BCUT2D eigenvalue weighted by Crippen LogP contribution is 2.29. The second-order valence-electron chi connectivity index (χ2n) is 7.58. The van der Waals surface area contributed by atoms with Crippen LogP contribution in [0.3, 0.4) is 0 Å². The Kier molecular flexibility index (Phi) is 19.3. The smallest absolute Gasteiger partial charge is 0.309 e. The van der Waals surface area contributed by atoms with Crippen LogP contribution in [0.1, 0.15) is 91.4 Å². The largest absolute Gasteiger partial charge is 0.469 e. The lowest BCUT2D eigenvalue weighted by atomic mass is 9.97. The van der Waals surface area contributed by atoms with Crippen molar-refractivity contribution in [2.24, 2.45) is 11.8 Å². The van der Waals surface area contributed by atoms with Crippen LogP contribution >= 0.6 is 0 Å². The number of aliphatic hydroxyl groups is 1. The average Bonchev–Trinajstić information content (AvgIpc) is 3.24. The van der Waals surface area contributed by atoms with Crippen molar-refractivity contribution in [3.05, 3.63) is 12.2 Å². The maximum atomic E-state index is 13.5. The van der Waals surface area contributed by atoms with Crippen molar-refractivity contribution in [3.8, 4) is 0 Å². The molecular formula is C23H42F2O4. The van der Waals surface area contributed by atoms with Crippen molar-refractivity contribution in [3.63, 3.8) is 0 Å². The van der Waals surface area contributed by atoms with Crippen LogP contribution in [0, 0.1) is 11.8 Å². The van der Waals surface area contributed by atoms with Crippen molar-refractivity contribution in [2.75, 3.05) is 14.2 Å². The lowest BCUT2D eigenvalue weighted by molar-refractivity contribution is -0.141. The summed E-state index contributed by atoms with van der Waals surface area (Å²) in [6.45, 7) is 5.76. The van der Waals surface area contributed by atoms with E-state index in [-0.39, 0.29) is 18.3 Å². The summed E-state index contributed by atoms with van der Waals surface area (Å²) < 4.78 is 31.5. The molecule has 1 atom stereocenters. The van der Waals surface area contributed by atoms with Gasteiger partial charge >= 0.3 is 11.9 Å². The number of ketones is 1. The maximum Gasteiger partial charge on any atom is 0.309 e. The lowest BCUT2D eigenvalue weighted by Gasteiger charge is -2.17. The Morgan fingerprint density at radius 1 is 1.14 bits per heavy atom. The van der Waals surface area contributed by atoms with Gasteiger partial charge in [0.2, 0.25) is 5.78 Å². The van der Waals surface area contributed by atoms with Gasteiger partial charge in [-0.25, -0.2) is 0 Å². The predicted octanol–water partition coefficient (Wildman–Crippen LogP) is 6.11. The minimum Gasteiger partial charge on any atom is -0.469 e. The van der Waals surface area contributed by atoms with Gasteiger partial charge in [0.25, 0.3) is 0 Å². The van der Waals surface area contributed by atoms with E-state index >= 15 is 0 Å². The molecule has 0 aliphatic heterocycles. The zero-order valence-electron chi connectivity index (χ0n) is 19.0. The average molecular weight is 421 g/mol. The highest BCUT2D eigenvalue weighted by Gasteiger charge is 2.37. The minimum absolute atomic E-state index is 0.0869. The number of hydrogen-bond acceptors (Lipinski definition) is 4. The Morgan fingerprint density at radius 2 is 1.72 bits per heavy atom. The fraction of sp³-hybridized carbons (Fsp3) is 0.826. The van der Waals surface area contributed by atoms with Crippen LogP contribution < -0.4 is 0 Å². The summed E-state index contributed by atoms with van der Waals surface area (Å²) in [6.07, 6.45) is 12.6. The molecule has 0 unspecified atom stereocenters. The third-order valence-electron chi connectivity index (χ3n) is 5.04. The first kappa shape index (κ1) is 29.9. The van der Waals surface area contributed by atoms with E-state index in [2.05, 4.69) is 11.7 Å². The number of methoxy groups -OCH3 is 1. The maximum absolute atomic E-state index is 13.5. The van der Waals surface area contributed by atoms with Crippen LogP contribution in [0.15, 0.2) is 12.2 Å². The number of ether oxygens (including phenoxy) is 1. The number of allylic oxidation sites excluding steroid dienone is 2. The van der Waals surface area contributed by atoms with Gasteiger partial charge in [0.05, 0.1) is 7.11 Å². The topological polar surface area (TPSA) is 63.6 Å². The van der Waals surface area contributed by atoms with E-state index in [9.17, 15) is 18.4 Å². The molecule has 1 saturated carbocycles. The zero-order valence-corrected chi connectivity index (χ0v) is 19.0. The van der Waals surface area contributed by atoms with Crippen LogP contribution in [-0.4, -0.2) is 37.0 Å². The van der Waals surface area contributed by atoms with E-state index in [1.807, 2.05) is 6.92 Å². The standard InChI is InChI=1S/C14H22F2O.C8H16O2.CH4O/c1-3-11(2)10-14(15,16)13(17)9-8-12-6-4-5-7-12;1-3-4-5-6-7-8(9)10-2;1-2/h8-9,11-12H,3-7,10H2,1-2H3;3-7H2,1-2H3;2H,1H3/b9-8+;;/t11-;;/m0../s1. The van der Waals surface area contributed by atoms with Crippen LogP contribution in [0.5, 0.6) is 0 Å². The number of halogens is 2. The second kappa shape index (κ2) is 18.7. The molecule has 1 fully saturated rings. The third kappa shape index (κ3) is 16.2. The van der Waals surface area contributed by atoms with Gasteiger partial charge in [0.1, 0.15) is 0 Å². The van der Waals surface area contributed by atoms with Crippen LogP contribution in [0.25, 0.3) is 0 Å². The van der Waals surface area contributed by atoms with E-state index in [1.165, 1.54) is 20.0 Å². The molecule has 29 heavy (non-hydrogen) atoms. The second-order valence-corrected chi connectivity index (χ2v) is 7.58. The molecule has 0 heterocycles. The summed E-state index contributed by atoms with van der Waals surface area (Å²) in [6, 6.07) is 0. The summed E-state index contributed by atoms with van der Waals surface area (Å²) >= 11 is 0. The van der Waals surface area contributed by atoms with E-state index < -0.39 is 11.7 Å². The first-order valence-corrected chi connectivity index (χ1v) is 10.9. The molecule has 0 bridgehead atoms. The summed E-state index contributed by atoms with van der Waals surface area (Å²) in [4.78, 5) is 22.0. The molecule has 0 aromatic heterocycles. The summed E-state index contributed by atoms with van der Waals surface area (Å²) in [5, 5.41) is 7.00. The number of aliphatic hydroxyl groups excluding tert-OH is 1. The number of alkyl halides is 2. The summed E-state index contributed by atoms with van der Waals surface area (Å²) in [7, 11) is 2.43. The Balaban J connectivity index is 0. The van der Waals surface area contributed by atoms with E-state index in [4.69, 9.17) is 5.11 Å². The molecule has 1 aliphatic rings. The van der Waals surface area contributed by atoms with Crippen molar-refractivity contribution in [2.45, 2.75) is 97.3 Å². The number of hydrogen-bond donors (Lipinski definition) is 1. The minimum atomic E-state index is -3.19. The fourth-order valence-corrected chi connectivity index (χ4v) is 2.98. The Labute approximate surface area is 176 Å². The summed E-state index contributed by atoms with van der Waals surface area (Å²) in [5.74, 6) is -4.09. The van der Waals surface area contributed by atoms with Gasteiger partial charge in [-0.15, -0.1) is 0 Å². The van der Waals surface area contributed by atoms with Crippen molar-refractivity contribution in [1.82, 2.24) is 0 Å². The van der Waals surface area contributed by atoms with E-state index in [0.717, 1.165) is 51.7 Å². The third-order valence-corrected chi connectivity index (χ3v) is 5.04. The fourth-order valence-electron chi connectivity index (χ4n) is 2.98. The van der Waals surface area contributed by atoms with Crippen LogP contribution in [-0.2, 0) is 14.3 Å². The Morgan fingerprint density at radius 3 is 2.21 bits per heavy atom. The number of carbonyl (C=O) groups excluding carboxylic acids is 2. The van der Waals surface area contributed by atoms with Gasteiger partial charge < -0.3 is 9.84 Å². The van der Waals surface area contributed by atoms with Gasteiger partial charge in [0, 0.05) is 20.0 Å². The summed E-state index contributed by atoms with van der Waals surface area (Å²) in [5.41, 5.74) is 0. The zero-order chi connectivity index (χ0) is 22.7. The highest BCUT2D eigenvalue weighted by atomic mass is 19.3. The molecule has 1 aliphatic carbocycles. The number of carbonyl (C=O) groups is 2. The number of unbranched alkanes of at least 4 members (excludes halogenated alkanes) is 3. The molecule has 4 nitrogen and oxygen atoms in total. The molecular weight excluding hydrogens is 378 g/mol. The van der Waals surface area contributed by atoms with Gasteiger partial charge in [-0.1, -0.05) is 65.4 Å². The first-order valence-electron chi connectivity index (χ1n) is 10.9. The highest BCUT2D eigenvalue weighted by molar-refractivity contribution is 5.95. The quantitative estimate of drug-likeness (QED) is 0.249. The molecule has 1 rings (SSSR count). The van der Waals surface area contributed by atoms with Gasteiger partial charge in [-0.3, -0.25) is 9.59 Å². The molecule has 6 heteroatoms. The Hall–Kier alpha value is -1.30. The molecule has 0 amide bonds. The van der Waals surface area contributed by atoms with Gasteiger partial charge in [-0.2, -0.15) is 8.78 Å². The molecule has 1 N–H and O–H groups in total. The SMILES string of the molecule is CCCCCCC(=O)OC.CC[C@H](C)CC(F)(F)C(=O)/C=C/C1CCCC1.CO. The van der Waals surface area contributed by atoms with Crippen LogP contribution in [0.4, 0.5) is 8.78 Å². The first-order chi connectivity index (χ1) is 13.8. The number of rotatable bonds is 11. The molecule has 172 valence electrons. The lowest BCUT2D eigenvalue weighted by Crippen LogP contribution is -2.29. The van der Waals surface area contributed by atoms with Gasteiger partial charge in [-0.05, 0) is 37.2 Å². The van der Waals surface area contributed by atoms with E-state index in [1.54, 1.807) is 13.0 Å². The number of esters is 1. The Bertz CT molecular complexity index is 444. The predicted molar refractivity (Wildman–Crippen MR) is 114 cm³/mol. The molecule has 0 radical (unpaired) electrons. The van der Waals surface area contributed by atoms with Crippen molar-refractivity contribution < 1.29 is 28.2 Å². The normalized spacial score (nSPS) is 15.2. The van der Waals surface area contributed by atoms with E-state index in [0.29, 0.717) is 18.8 Å². The molecule has 0 spiro atoms. The molecule has 0 saturated heterocycles.